The molecule has 4 nitrogen and oxygen atoms in total. The summed E-state index contributed by atoms with van der Waals surface area (Å²) in [6, 6.07) is 14.0. The molecular weight excluding hydrogens is 312 g/mol. The van der Waals surface area contributed by atoms with E-state index < -0.39 is 6.10 Å². The molecule has 2 aromatic carbocycles. The Balaban J connectivity index is 1.50. The molecule has 1 atom stereocenters. The fourth-order valence-corrected chi connectivity index (χ4v) is 3.38. The van der Waals surface area contributed by atoms with Crippen molar-refractivity contribution in [2.75, 3.05) is 26.2 Å². The highest BCUT2D eigenvalue weighted by atomic mass is 16.5. The van der Waals surface area contributed by atoms with Gasteiger partial charge in [-0.1, -0.05) is 49.2 Å². The lowest BCUT2D eigenvalue weighted by atomic mass is 10.1. The van der Waals surface area contributed by atoms with E-state index in [2.05, 4.69) is 10.2 Å². The van der Waals surface area contributed by atoms with Crippen LogP contribution in [0.1, 0.15) is 32.6 Å². The van der Waals surface area contributed by atoms with Gasteiger partial charge in [0.25, 0.3) is 5.91 Å². The molecule has 1 heterocycles. The number of fused-ring (bicyclic) bond motifs is 1. The number of benzene rings is 2. The molecule has 25 heavy (non-hydrogen) atoms. The van der Waals surface area contributed by atoms with Crippen molar-refractivity contribution in [3.63, 3.8) is 0 Å². The summed E-state index contributed by atoms with van der Waals surface area (Å²) in [5, 5.41) is 5.17. The van der Waals surface area contributed by atoms with E-state index in [4.69, 9.17) is 4.74 Å². The van der Waals surface area contributed by atoms with Gasteiger partial charge in [0.05, 0.1) is 0 Å². The van der Waals surface area contributed by atoms with Gasteiger partial charge < -0.3 is 15.0 Å². The van der Waals surface area contributed by atoms with Gasteiger partial charge in [0.2, 0.25) is 0 Å². The molecule has 0 saturated carbocycles. The van der Waals surface area contributed by atoms with Crippen LogP contribution in [0.25, 0.3) is 10.8 Å². The first-order valence-corrected chi connectivity index (χ1v) is 9.38. The molecule has 0 bridgehead atoms. The molecule has 0 radical (unpaired) electrons. The summed E-state index contributed by atoms with van der Waals surface area (Å²) in [6.07, 6.45) is 4.70. The van der Waals surface area contributed by atoms with Gasteiger partial charge in [0, 0.05) is 18.5 Å². The van der Waals surface area contributed by atoms with Crippen LogP contribution in [0.3, 0.4) is 0 Å². The SMILES string of the molecule is C[C@@H](Oc1cccc2ccccc12)C(=O)NCCN1CCCCCC1. The Morgan fingerprint density at radius 1 is 1.08 bits per heavy atom. The average molecular weight is 340 g/mol. The molecule has 1 fully saturated rings. The first kappa shape index (κ1) is 17.7. The highest BCUT2D eigenvalue weighted by Crippen LogP contribution is 2.26. The number of carbonyl (C=O) groups excluding carboxylic acids is 1. The molecule has 134 valence electrons. The molecule has 0 spiro atoms. The number of ether oxygens (including phenoxy) is 1. The lowest BCUT2D eigenvalue weighted by Crippen LogP contribution is -2.41. The van der Waals surface area contributed by atoms with Crippen LogP contribution in [0.2, 0.25) is 0 Å². The predicted octanol–water partition coefficient (Wildman–Crippen LogP) is 3.60. The lowest BCUT2D eigenvalue weighted by Gasteiger charge is -2.21. The van der Waals surface area contributed by atoms with Crippen molar-refractivity contribution in [2.45, 2.75) is 38.7 Å². The Morgan fingerprint density at radius 2 is 1.80 bits per heavy atom. The van der Waals surface area contributed by atoms with Gasteiger partial charge in [-0.3, -0.25) is 4.79 Å². The fourth-order valence-electron chi connectivity index (χ4n) is 3.38. The summed E-state index contributed by atoms with van der Waals surface area (Å²) < 4.78 is 5.93. The second-order valence-electron chi connectivity index (χ2n) is 6.78. The molecule has 1 amide bonds. The molecule has 1 N–H and O–H groups in total. The first-order valence-electron chi connectivity index (χ1n) is 9.38. The van der Waals surface area contributed by atoms with Crippen molar-refractivity contribution in [1.29, 1.82) is 0 Å². The van der Waals surface area contributed by atoms with Crippen LogP contribution in [-0.2, 0) is 4.79 Å². The minimum Gasteiger partial charge on any atom is -0.480 e. The normalized spacial score (nSPS) is 17.0. The van der Waals surface area contributed by atoms with Crippen molar-refractivity contribution in [3.05, 3.63) is 42.5 Å². The zero-order valence-electron chi connectivity index (χ0n) is 15.0. The summed E-state index contributed by atoms with van der Waals surface area (Å²) in [5.74, 6) is 0.705. The van der Waals surface area contributed by atoms with Crippen LogP contribution < -0.4 is 10.1 Å². The fraction of sp³-hybridized carbons (Fsp3) is 0.476. The Hall–Kier alpha value is -2.07. The molecule has 0 aliphatic carbocycles. The Kier molecular flexibility index (Phi) is 6.29. The van der Waals surface area contributed by atoms with Crippen LogP contribution >= 0.6 is 0 Å². The number of rotatable bonds is 6. The van der Waals surface area contributed by atoms with Crippen LogP contribution in [0.15, 0.2) is 42.5 Å². The molecule has 0 aromatic heterocycles. The highest BCUT2D eigenvalue weighted by molar-refractivity contribution is 5.89. The van der Waals surface area contributed by atoms with Crippen molar-refractivity contribution >= 4 is 16.7 Å². The molecule has 1 aliphatic heterocycles. The summed E-state index contributed by atoms with van der Waals surface area (Å²) in [7, 11) is 0. The minimum absolute atomic E-state index is 0.0530. The third-order valence-electron chi connectivity index (χ3n) is 4.85. The van der Waals surface area contributed by atoms with Gasteiger partial charge in [0.15, 0.2) is 6.10 Å². The lowest BCUT2D eigenvalue weighted by molar-refractivity contribution is -0.127. The van der Waals surface area contributed by atoms with Gasteiger partial charge in [0.1, 0.15) is 5.75 Å². The smallest absolute Gasteiger partial charge is 0.260 e. The number of hydrogen-bond donors (Lipinski definition) is 1. The molecular formula is C21H28N2O2. The molecule has 0 unspecified atom stereocenters. The number of hydrogen-bond acceptors (Lipinski definition) is 3. The van der Waals surface area contributed by atoms with E-state index in [0.717, 1.165) is 36.2 Å². The maximum absolute atomic E-state index is 12.3. The summed E-state index contributed by atoms with van der Waals surface area (Å²) in [4.78, 5) is 14.8. The van der Waals surface area contributed by atoms with Gasteiger partial charge in [-0.05, 0) is 44.3 Å². The van der Waals surface area contributed by atoms with E-state index >= 15 is 0 Å². The van der Waals surface area contributed by atoms with E-state index in [-0.39, 0.29) is 5.91 Å². The number of likely N-dealkylation sites (tertiary alicyclic amines) is 1. The van der Waals surface area contributed by atoms with Gasteiger partial charge in [-0.2, -0.15) is 0 Å². The molecule has 3 rings (SSSR count). The zero-order chi connectivity index (χ0) is 17.5. The minimum atomic E-state index is -0.505. The third kappa shape index (κ3) is 4.95. The van der Waals surface area contributed by atoms with Crippen molar-refractivity contribution in [3.8, 4) is 5.75 Å². The maximum atomic E-state index is 12.3. The maximum Gasteiger partial charge on any atom is 0.260 e. The van der Waals surface area contributed by atoms with Gasteiger partial charge in [-0.25, -0.2) is 0 Å². The number of nitrogens with one attached hydrogen (secondary N) is 1. The van der Waals surface area contributed by atoms with Crippen LogP contribution in [0.5, 0.6) is 5.75 Å². The Bertz CT molecular complexity index is 688. The predicted molar refractivity (Wildman–Crippen MR) is 102 cm³/mol. The Labute approximate surface area is 150 Å². The van der Waals surface area contributed by atoms with Gasteiger partial charge in [-0.15, -0.1) is 0 Å². The number of amides is 1. The first-order chi connectivity index (χ1) is 12.2. The highest BCUT2D eigenvalue weighted by Gasteiger charge is 2.16. The standard InChI is InChI=1S/C21H28N2O2/c1-17(21(24)22-13-16-23-14-6-2-3-7-15-23)25-20-12-8-10-18-9-4-5-11-19(18)20/h4-5,8-12,17H,2-3,6-7,13-16H2,1H3,(H,22,24)/t17-/m1/s1. The van der Waals surface area contributed by atoms with Crippen molar-refractivity contribution < 1.29 is 9.53 Å². The Morgan fingerprint density at radius 3 is 2.60 bits per heavy atom. The molecule has 1 aliphatic rings. The van der Waals surface area contributed by atoms with Crippen molar-refractivity contribution in [2.24, 2.45) is 0 Å². The van der Waals surface area contributed by atoms with Gasteiger partial charge >= 0.3 is 0 Å². The quantitative estimate of drug-likeness (QED) is 0.873. The second-order valence-corrected chi connectivity index (χ2v) is 6.78. The average Bonchev–Trinajstić information content (AvgIpc) is 2.91. The van der Waals surface area contributed by atoms with Crippen LogP contribution in [0, 0.1) is 0 Å². The third-order valence-corrected chi connectivity index (χ3v) is 4.85. The topological polar surface area (TPSA) is 41.6 Å². The van der Waals surface area contributed by atoms with E-state index in [1.807, 2.05) is 49.4 Å². The van der Waals surface area contributed by atoms with Crippen LogP contribution in [-0.4, -0.2) is 43.1 Å². The van der Waals surface area contributed by atoms with Crippen molar-refractivity contribution in [1.82, 2.24) is 10.2 Å². The number of carbonyl (C=O) groups is 1. The van der Waals surface area contributed by atoms with E-state index in [1.165, 1.54) is 25.7 Å². The largest absolute Gasteiger partial charge is 0.480 e. The molecule has 1 saturated heterocycles. The second kappa shape index (κ2) is 8.86. The number of nitrogens with zero attached hydrogens (tertiary/aromatic N) is 1. The summed E-state index contributed by atoms with van der Waals surface area (Å²) >= 11 is 0. The van der Waals surface area contributed by atoms with E-state index in [1.54, 1.807) is 0 Å². The summed E-state index contributed by atoms with van der Waals surface area (Å²) in [5.41, 5.74) is 0. The zero-order valence-corrected chi connectivity index (χ0v) is 15.0. The molecule has 4 heteroatoms. The molecule has 2 aromatic rings. The van der Waals surface area contributed by atoms with Crippen LogP contribution in [0.4, 0.5) is 0 Å². The monoisotopic (exact) mass is 340 g/mol. The summed E-state index contributed by atoms with van der Waals surface area (Å²) in [6.45, 7) is 5.72. The van der Waals surface area contributed by atoms with E-state index in [0.29, 0.717) is 6.54 Å². The van der Waals surface area contributed by atoms with E-state index in [9.17, 15) is 4.79 Å².